The van der Waals surface area contributed by atoms with Crippen LogP contribution in [0.4, 0.5) is 10.7 Å². The Bertz CT molecular complexity index is 986. The molecule has 1 fully saturated rings. The summed E-state index contributed by atoms with van der Waals surface area (Å²) in [4.78, 5) is 42.5. The molecule has 2 heterocycles. The summed E-state index contributed by atoms with van der Waals surface area (Å²) in [5.74, 6) is -1.40. The van der Waals surface area contributed by atoms with Crippen molar-refractivity contribution in [2.45, 2.75) is 13.8 Å². The lowest BCUT2D eigenvalue weighted by atomic mass is 10.1. The first kappa shape index (κ1) is 25.7. The van der Waals surface area contributed by atoms with Gasteiger partial charge in [-0.25, -0.2) is 9.59 Å². The zero-order valence-electron chi connectivity index (χ0n) is 19.8. The number of methoxy groups -OCH3 is 1. The van der Waals surface area contributed by atoms with Crippen LogP contribution >= 0.6 is 11.3 Å². The van der Waals surface area contributed by atoms with Crippen LogP contribution in [-0.2, 0) is 19.0 Å². The van der Waals surface area contributed by atoms with E-state index >= 15 is 0 Å². The van der Waals surface area contributed by atoms with Crippen molar-refractivity contribution in [1.82, 2.24) is 4.90 Å². The smallest absolute Gasteiger partial charge is 0.348 e. The summed E-state index contributed by atoms with van der Waals surface area (Å²) in [5, 5.41) is 3.11. The Labute approximate surface area is 203 Å². The number of hydrogen-bond donors (Lipinski definition) is 1. The zero-order chi connectivity index (χ0) is 24.5. The SMILES string of the molecule is CCOC(=O)c1c(NC(=O)CN2CCN(c3ccccc3)CC2)sc(C(=O)OCCOC)c1C. The first-order valence-corrected chi connectivity index (χ1v) is 12.0. The fraction of sp³-hybridized carbons (Fsp3) is 0.458. The number of carbonyl (C=O) groups excluding carboxylic acids is 3. The second-order valence-corrected chi connectivity index (χ2v) is 8.78. The molecule has 1 aromatic heterocycles. The summed E-state index contributed by atoms with van der Waals surface area (Å²) in [6.07, 6.45) is 0. The lowest BCUT2D eigenvalue weighted by Gasteiger charge is -2.35. The van der Waals surface area contributed by atoms with Gasteiger partial charge >= 0.3 is 11.9 Å². The minimum Gasteiger partial charge on any atom is -0.462 e. The van der Waals surface area contributed by atoms with Crippen molar-refractivity contribution in [1.29, 1.82) is 0 Å². The molecule has 184 valence electrons. The Balaban J connectivity index is 1.65. The number of nitrogens with zero attached hydrogens (tertiary/aromatic N) is 2. The van der Waals surface area contributed by atoms with Gasteiger partial charge in [0.2, 0.25) is 5.91 Å². The minimum absolute atomic E-state index is 0.0953. The van der Waals surface area contributed by atoms with E-state index in [1.54, 1.807) is 13.8 Å². The Morgan fingerprint density at radius 3 is 2.35 bits per heavy atom. The van der Waals surface area contributed by atoms with E-state index < -0.39 is 11.9 Å². The first-order chi connectivity index (χ1) is 16.4. The van der Waals surface area contributed by atoms with Gasteiger partial charge in [-0.15, -0.1) is 11.3 Å². The lowest BCUT2D eigenvalue weighted by molar-refractivity contribution is -0.117. The average Bonchev–Trinajstić information content (AvgIpc) is 3.16. The Morgan fingerprint density at radius 1 is 1.00 bits per heavy atom. The van der Waals surface area contributed by atoms with Gasteiger partial charge in [-0.3, -0.25) is 9.69 Å². The number of anilines is 2. The second kappa shape index (κ2) is 12.5. The van der Waals surface area contributed by atoms with Crippen LogP contribution in [0.2, 0.25) is 0 Å². The predicted molar refractivity (Wildman–Crippen MR) is 131 cm³/mol. The molecule has 1 aromatic carbocycles. The number of hydrogen-bond acceptors (Lipinski definition) is 9. The van der Waals surface area contributed by atoms with Crippen LogP contribution in [0.3, 0.4) is 0 Å². The van der Waals surface area contributed by atoms with Crippen molar-refractivity contribution < 1.29 is 28.6 Å². The number of rotatable bonds is 10. The third-order valence-corrected chi connectivity index (χ3v) is 6.63. The van der Waals surface area contributed by atoms with Gasteiger partial charge in [-0.05, 0) is 31.5 Å². The van der Waals surface area contributed by atoms with Crippen LogP contribution in [0.15, 0.2) is 30.3 Å². The van der Waals surface area contributed by atoms with E-state index in [2.05, 4.69) is 27.2 Å². The summed E-state index contributed by atoms with van der Waals surface area (Å²) >= 11 is 1.02. The second-order valence-electron chi connectivity index (χ2n) is 7.76. The molecule has 34 heavy (non-hydrogen) atoms. The fourth-order valence-electron chi connectivity index (χ4n) is 3.70. The standard InChI is InChI=1S/C24H31N3O6S/c1-4-32-23(29)20-17(2)21(24(30)33-15-14-31-3)34-22(20)25-19(28)16-26-10-12-27(13-11-26)18-8-6-5-7-9-18/h5-9H,4,10-16H2,1-3H3,(H,25,28). The molecule has 9 nitrogen and oxygen atoms in total. The maximum Gasteiger partial charge on any atom is 0.348 e. The number of piperazine rings is 1. The number of para-hydroxylation sites is 1. The monoisotopic (exact) mass is 489 g/mol. The van der Waals surface area contributed by atoms with E-state index in [-0.39, 0.29) is 42.7 Å². The van der Waals surface area contributed by atoms with Crippen LogP contribution in [0.25, 0.3) is 0 Å². The van der Waals surface area contributed by atoms with Crippen molar-refractivity contribution in [3.63, 3.8) is 0 Å². The number of nitrogens with one attached hydrogen (secondary N) is 1. The van der Waals surface area contributed by atoms with E-state index in [1.165, 1.54) is 12.8 Å². The van der Waals surface area contributed by atoms with E-state index in [4.69, 9.17) is 14.2 Å². The molecule has 1 saturated heterocycles. The molecule has 2 aromatic rings. The maximum absolute atomic E-state index is 12.8. The molecule has 0 radical (unpaired) electrons. The van der Waals surface area contributed by atoms with Crippen LogP contribution in [0.5, 0.6) is 0 Å². The number of ether oxygens (including phenoxy) is 3. The van der Waals surface area contributed by atoms with Crippen molar-refractivity contribution in [2.75, 3.05) is 69.9 Å². The fourth-order valence-corrected chi connectivity index (χ4v) is 4.81. The van der Waals surface area contributed by atoms with E-state index in [9.17, 15) is 14.4 Å². The number of thiophene rings is 1. The van der Waals surface area contributed by atoms with Crippen molar-refractivity contribution >= 4 is 39.9 Å². The summed E-state index contributed by atoms with van der Waals surface area (Å²) < 4.78 is 15.3. The van der Waals surface area contributed by atoms with E-state index in [0.29, 0.717) is 10.6 Å². The Morgan fingerprint density at radius 2 is 1.71 bits per heavy atom. The average molecular weight is 490 g/mol. The highest BCUT2D eigenvalue weighted by Gasteiger charge is 2.28. The highest BCUT2D eigenvalue weighted by atomic mass is 32.1. The Hall–Kier alpha value is -2.95. The number of amides is 1. The molecule has 1 N–H and O–H groups in total. The highest BCUT2D eigenvalue weighted by molar-refractivity contribution is 7.18. The van der Waals surface area contributed by atoms with Crippen LogP contribution in [0.1, 0.15) is 32.5 Å². The van der Waals surface area contributed by atoms with Gasteiger partial charge in [0.1, 0.15) is 16.5 Å². The quantitative estimate of drug-likeness (QED) is 0.402. The summed E-state index contributed by atoms with van der Waals surface area (Å²) in [7, 11) is 1.51. The molecule has 0 atom stereocenters. The zero-order valence-corrected chi connectivity index (χ0v) is 20.6. The van der Waals surface area contributed by atoms with Gasteiger partial charge in [0.05, 0.1) is 25.3 Å². The van der Waals surface area contributed by atoms with Crippen LogP contribution in [0, 0.1) is 6.92 Å². The summed E-state index contributed by atoms with van der Waals surface area (Å²) in [6, 6.07) is 10.2. The van der Waals surface area contributed by atoms with E-state index in [0.717, 1.165) is 37.5 Å². The molecular formula is C24H31N3O6S. The predicted octanol–water partition coefficient (Wildman–Crippen LogP) is 2.80. The van der Waals surface area contributed by atoms with Gasteiger partial charge in [0.25, 0.3) is 0 Å². The van der Waals surface area contributed by atoms with Gasteiger partial charge in [-0.2, -0.15) is 0 Å². The van der Waals surface area contributed by atoms with Crippen molar-refractivity contribution in [3.8, 4) is 0 Å². The summed E-state index contributed by atoms with van der Waals surface area (Å²) in [6.45, 7) is 7.21. The maximum atomic E-state index is 12.8. The van der Waals surface area contributed by atoms with Crippen molar-refractivity contribution in [3.05, 3.63) is 46.3 Å². The largest absolute Gasteiger partial charge is 0.462 e. The number of benzene rings is 1. The molecule has 0 unspecified atom stereocenters. The normalized spacial score (nSPS) is 14.0. The topological polar surface area (TPSA) is 97.4 Å². The summed E-state index contributed by atoms with van der Waals surface area (Å²) in [5.41, 5.74) is 1.79. The van der Waals surface area contributed by atoms with Gasteiger partial charge in [0, 0.05) is 39.0 Å². The number of esters is 2. The third-order valence-electron chi connectivity index (χ3n) is 5.45. The Kier molecular flexibility index (Phi) is 9.43. The molecule has 1 aliphatic heterocycles. The molecule has 10 heteroatoms. The number of carbonyl (C=O) groups is 3. The van der Waals surface area contributed by atoms with E-state index in [1.807, 2.05) is 18.2 Å². The molecule has 3 rings (SSSR count). The highest BCUT2D eigenvalue weighted by Crippen LogP contribution is 2.34. The van der Waals surface area contributed by atoms with Crippen LogP contribution in [-0.4, -0.2) is 82.4 Å². The first-order valence-electron chi connectivity index (χ1n) is 11.2. The van der Waals surface area contributed by atoms with Crippen LogP contribution < -0.4 is 10.2 Å². The lowest BCUT2D eigenvalue weighted by Crippen LogP contribution is -2.48. The van der Waals surface area contributed by atoms with Gasteiger partial charge < -0.3 is 24.4 Å². The molecule has 0 bridgehead atoms. The molecule has 1 amide bonds. The molecule has 0 spiro atoms. The third kappa shape index (κ3) is 6.55. The van der Waals surface area contributed by atoms with Gasteiger partial charge in [0.15, 0.2) is 0 Å². The van der Waals surface area contributed by atoms with Crippen molar-refractivity contribution in [2.24, 2.45) is 0 Å². The minimum atomic E-state index is -0.584. The molecular weight excluding hydrogens is 458 g/mol. The molecule has 0 aliphatic carbocycles. The molecule has 0 saturated carbocycles. The van der Waals surface area contributed by atoms with Gasteiger partial charge in [-0.1, -0.05) is 18.2 Å². The molecule has 1 aliphatic rings.